The van der Waals surface area contributed by atoms with E-state index in [0.717, 1.165) is 0 Å². The Kier molecular flexibility index (Phi) is 1.66. The van der Waals surface area contributed by atoms with Gasteiger partial charge in [0.2, 0.25) is 11.6 Å². The molecule has 0 unspecified atom stereocenters. The Bertz CT molecular complexity index is 620. The Balaban J connectivity index is 2.43. The fourth-order valence-electron chi connectivity index (χ4n) is 2.04. The first-order valence-corrected chi connectivity index (χ1v) is 4.96. The molecule has 16 heavy (non-hydrogen) atoms. The Labute approximate surface area is 91.7 Å². The van der Waals surface area contributed by atoms with Gasteiger partial charge >= 0.3 is 0 Å². The Morgan fingerprint density at radius 2 is 1.69 bits per heavy atom. The van der Waals surface area contributed by atoms with E-state index in [2.05, 4.69) is 0 Å². The van der Waals surface area contributed by atoms with E-state index in [0.29, 0.717) is 28.0 Å². The average Bonchev–Trinajstić information content (AvgIpc) is 2.69. The molecule has 0 N–H and O–H groups in total. The second-order valence-electron chi connectivity index (χ2n) is 3.83. The van der Waals surface area contributed by atoms with Crippen LogP contribution in [0, 0.1) is 6.92 Å². The van der Waals surface area contributed by atoms with Crippen molar-refractivity contribution in [2.24, 2.45) is 0 Å². The Morgan fingerprint density at radius 1 is 1.00 bits per heavy atom. The number of benzene rings is 1. The lowest BCUT2D eigenvalue weighted by atomic mass is 9.87. The van der Waals surface area contributed by atoms with Crippen LogP contribution >= 0.6 is 0 Å². The lowest BCUT2D eigenvalue weighted by Gasteiger charge is -2.12. The van der Waals surface area contributed by atoms with Crippen LogP contribution in [0.3, 0.4) is 0 Å². The summed E-state index contributed by atoms with van der Waals surface area (Å²) in [4.78, 5) is 23.7. The van der Waals surface area contributed by atoms with Gasteiger partial charge in [0.25, 0.3) is 0 Å². The van der Waals surface area contributed by atoms with Gasteiger partial charge in [0.05, 0.1) is 11.8 Å². The summed E-state index contributed by atoms with van der Waals surface area (Å²) in [7, 11) is 0. The fraction of sp³-hybridized carbons (Fsp3) is 0.0769. The number of hydrogen-bond acceptors (Lipinski definition) is 3. The second kappa shape index (κ2) is 2.92. The van der Waals surface area contributed by atoms with Crippen LogP contribution < -0.4 is 0 Å². The lowest BCUT2D eigenvalue weighted by Crippen LogP contribution is -2.20. The van der Waals surface area contributed by atoms with Crippen LogP contribution in [0.4, 0.5) is 0 Å². The largest absolute Gasteiger partial charge is 0.463 e. The maximum Gasteiger partial charge on any atom is 0.237 e. The van der Waals surface area contributed by atoms with E-state index < -0.39 is 11.6 Å². The van der Waals surface area contributed by atoms with Crippen molar-refractivity contribution in [1.82, 2.24) is 0 Å². The van der Waals surface area contributed by atoms with Crippen molar-refractivity contribution in [3.63, 3.8) is 0 Å². The van der Waals surface area contributed by atoms with Crippen molar-refractivity contribution >= 4 is 11.6 Å². The zero-order chi connectivity index (χ0) is 11.3. The molecule has 0 radical (unpaired) electrons. The molecule has 3 rings (SSSR count). The zero-order valence-electron chi connectivity index (χ0n) is 8.61. The Morgan fingerprint density at radius 3 is 2.44 bits per heavy atom. The summed E-state index contributed by atoms with van der Waals surface area (Å²) < 4.78 is 5.36. The number of Topliss-reactive ketones (excluding diaryl/α,β-unsaturated/α-hetero) is 2. The smallest absolute Gasteiger partial charge is 0.237 e. The first-order valence-electron chi connectivity index (χ1n) is 4.96. The molecular weight excluding hydrogens is 204 g/mol. The predicted molar refractivity (Wildman–Crippen MR) is 57.5 cm³/mol. The summed E-state index contributed by atoms with van der Waals surface area (Å²) in [5, 5.41) is 0. The van der Waals surface area contributed by atoms with E-state index in [1.54, 1.807) is 25.1 Å². The maximum absolute atomic E-state index is 11.9. The standard InChI is InChI=1S/C13H8O3/c1-7-6-16-13-9-5-3-2-4-8(9)11(14)12(15)10(7)13/h2-6H,1H3. The molecule has 3 heteroatoms. The van der Waals surface area contributed by atoms with E-state index in [4.69, 9.17) is 4.42 Å². The van der Waals surface area contributed by atoms with Gasteiger partial charge in [0.15, 0.2) is 0 Å². The van der Waals surface area contributed by atoms with Crippen molar-refractivity contribution in [1.29, 1.82) is 0 Å². The highest BCUT2D eigenvalue weighted by Crippen LogP contribution is 2.35. The Hall–Kier alpha value is -2.16. The van der Waals surface area contributed by atoms with E-state index in [9.17, 15) is 9.59 Å². The minimum absolute atomic E-state index is 0.406. The van der Waals surface area contributed by atoms with E-state index >= 15 is 0 Å². The number of carbonyl (C=O) groups excluding carboxylic acids is 2. The fourth-order valence-corrected chi connectivity index (χ4v) is 2.04. The van der Waals surface area contributed by atoms with Gasteiger partial charge in [-0.05, 0) is 12.5 Å². The van der Waals surface area contributed by atoms with Gasteiger partial charge in [0.1, 0.15) is 5.76 Å². The number of carbonyl (C=O) groups is 2. The number of furan rings is 1. The molecule has 1 aliphatic rings. The highest BCUT2D eigenvalue weighted by Gasteiger charge is 2.33. The lowest BCUT2D eigenvalue weighted by molar-refractivity contribution is 0.0814. The molecule has 1 heterocycles. The molecular formula is C13H8O3. The molecule has 0 saturated carbocycles. The third kappa shape index (κ3) is 0.972. The summed E-state index contributed by atoms with van der Waals surface area (Å²) in [5.41, 5.74) is 2.25. The topological polar surface area (TPSA) is 47.3 Å². The third-order valence-corrected chi connectivity index (χ3v) is 2.82. The van der Waals surface area contributed by atoms with Crippen LogP contribution in [0.15, 0.2) is 34.9 Å². The third-order valence-electron chi connectivity index (χ3n) is 2.82. The first-order chi connectivity index (χ1) is 7.70. The second-order valence-corrected chi connectivity index (χ2v) is 3.83. The molecule has 0 amide bonds. The molecule has 78 valence electrons. The van der Waals surface area contributed by atoms with Gasteiger partial charge in [-0.1, -0.05) is 24.3 Å². The molecule has 3 nitrogen and oxygen atoms in total. The van der Waals surface area contributed by atoms with E-state index in [1.165, 1.54) is 6.26 Å². The highest BCUT2D eigenvalue weighted by molar-refractivity contribution is 6.53. The van der Waals surface area contributed by atoms with Crippen LogP contribution in [0.1, 0.15) is 26.3 Å². The predicted octanol–water partition coefficient (Wildman–Crippen LogP) is 2.63. The summed E-state index contributed by atoms with van der Waals surface area (Å²) in [6, 6.07) is 7.01. The highest BCUT2D eigenvalue weighted by atomic mass is 16.3. The van der Waals surface area contributed by atoms with Gasteiger partial charge in [-0.15, -0.1) is 0 Å². The van der Waals surface area contributed by atoms with Crippen LogP contribution in [0.5, 0.6) is 0 Å². The van der Waals surface area contributed by atoms with Crippen molar-refractivity contribution in [3.8, 4) is 11.3 Å². The van der Waals surface area contributed by atoms with Gasteiger partial charge < -0.3 is 4.42 Å². The molecule has 0 fully saturated rings. The summed E-state index contributed by atoms with van der Waals surface area (Å²) in [6.07, 6.45) is 1.51. The molecule has 1 aliphatic carbocycles. The minimum atomic E-state index is -0.472. The normalized spacial score (nSPS) is 13.6. The quantitative estimate of drug-likeness (QED) is 0.630. The van der Waals surface area contributed by atoms with Gasteiger partial charge in [-0.2, -0.15) is 0 Å². The van der Waals surface area contributed by atoms with Crippen LogP contribution in [-0.2, 0) is 0 Å². The molecule has 0 bridgehead atoms. The monoisotopic (exact) mass is 212 g/mol. The molecule has 2 aromatic rings. The zero-order valence-corrected chi connectivity index (χ0v) is 8.61. The van der Waals surface area contributed by atoms with Crippen molar-refractivity contribution in [2.45, 2.75) is 6.92 Å². The van der Waals surface area contributed by atoms with Crippen molar-refractivity contribution in [3.05, 3.63) is 47.2 Å². The van der Waals surface area contributed by atoms with E-state index in [-0.39, 0.29) is 0 Å². The molecule has 0 saturated heterocycles. The molecule has 1 aromatic carbocycles. The molecule has 0 aliphatic heterocycles. The molecule has 0 atom stereocenters. The van der Waals surface area contributed by atoms with Crippen LogP contribution in [0.25, 0.3) is 11.3 Å². The number of fused-ring (bicyclic) bond motifs is 3. The van der Waals surface area contributed by atoms with Crippen molar-refractivity contribution in [2.75, 3.05) is 0 Å². The summed E-state index contributed by atoms with van der Waals surface area (Å²) in [5.74, 6) is -0.412. The number of rotatable bonds is 0. The summed E-state index contributed by atoms with van der Waals surface area (Å²) in [6.45, 7) is 1.77. The number of hydrogen-bond donors (Lipinski definition) is 0. The van der Waals surface area contributed by atoms with Crippen molar-refractivity contribution < 1.29 is 14.0 Å². The minimum Gasteiger partial charge on any atom is -0.463 e. The van der Waals surface area contributed by atoms with Gasteiger partial charge in [0, 0.05) is 11.1 Å². The first kappa shape index (κ1) is 9.09. The maximum atomic E-state index is 11.9. The molecule has 0 spiro atoms. The molecule has 1 aromatic heterocycles. The van der Waals surface area contributed by atoms with Crippen LogP contribution in [-0.4, -0.2) is 11.6 Å². The SMILES string of the molecule is Cc1coc2c1C(=O)C(=O)c1ccccc1-2. The van der Waals surface area contributed by atoms with Crippen LogP contribution in [0.2, 0.25) is 0 Å². The number of ketones is 2. The van der Waals surface area contributed by atoms with Gasteiger partial charge in [-0.25, -0.2) is 0 Å². The number of aryl methyl sites for hydroxylation is 1. The average molecular weight is 212 g/mol. The van der Waals surface area contributed by atoms with E-state index in [1.807, 2.05) is 6.07 Å². The summed E-state index contributed by atoms with van der Waals surface area (Å²) >= 11 is 0. The van der Waals surface area contributed by atoms with Gasteiger partial charge in [-0.3, -0.25) is 9.59 Å².